The fraction of sp³-hybridized carbons (Fsp3) is 0.333. The molecule has 1 aliphatic carbocycles. The van der Waals surface area contributed by atoms with Crippen LogP contribution in [0.3, 0.4) is 0 Å². The molecule has 1 fully saturated rings. The molecule has 3 aromatic rings. The van der Waals surface area contributed by atoms with Crippen molar-refractivity contribution in [3.8, 4) is 0 Å². The van der Waals surface area contributed by atoms with Crippen LogP contribution in [0.25, 0.3) is 5.65 Å². The number of imidazole rings is 1. The molecule has 0 saturated heterocycles. The summed E-state index contributed by atoms with van der Waals surface area (Å²) in [6.07, 6.45) is -7.51. The van der Waals surface area contributed by atoms with Gasteiger partial charge in [-0.15, -0.1) is 0 Å². The highest BCUT2D eigenvalue weighted by Crippen LogP contribution is 2.38. The Labute approximate surface area is 193 Å². The van der Waals surface area contributed by atoms with Crippen LogP contribution >= 0.6 is 0 Å². The number of fused-ring (bicyclic) bond motifs is 1. The van der Waals surface area contributed by atoms with E-state index in [9.17, 15) is 43.9 Å². The van der Waals surface area contributed by atoms with Crippen LogP contribution in [0.5, 0.6) is 0 Å². The first kappa shape index (κ1) is 24.9. The largest absolute Gasteiger partial charge is 0.417 e. The lowest BCUT2D eigenvalue weighted by atomic mass is 9.85. The average Bonchev–Trinajstić information content (AvgIpc) is 3.14. The third-order valence-electron chi connectivity index (χ3n) is 5.72. The Hall–Kier alpha value is -3.16. The summed E-state index contributed by atoms with van der Waals surface area (Å²) in [7, 11) is -4.22. The Bertz CT molecular complexity index is 1390. The number of nitrogens with zero attached hydrogens (tertiary/aromatic N) is 2. The molecule has 0 unspecified atom stereocenters. The number of nitrogens with one attached hydrogen (secondary N) is 1. The second-order valence-corrected chi connectivity index (χ2v) is 10.4. The van der Waals surface area contributed by atoms with Crippen LogP contribution in [0.15, 0.2) is 47.6 Å². The van der Waals surface area contributed by atoms with Gasteiger partial charge >= 0.3 is 12.4 Å². The van der Waals surface area contributed by atoms with Crippen LogP contribution < -0.4 is 5.32 Å². The number of sulfone groups is 1. The first-order valence-electron chi connectivity index (χ1n) is 10.1. The minimum atomic E-state index is -4.91. The molecule has 0 atom stereocenters. The normalized spacial score (nSPS) is 18.9. The predicted octanol–water partition coefficient (Wildman–Crippen LogP) is 4.49. The lowest BCUT2D eigenvalue weighted by Crippen LogP contribution is -2.42. The smallest absolute Gasteiger partial charge is 0.350 e. The van der Waals surface area contributed by atoms with Gasteiger partial charge in [0.25, 0.3) is 5.91 Å². The monoisotopic (exact) mass is 523 g/mol. The molecule has 0 radical (unpaired) electrons. The number of rotatable bonds is 5. The Morgan fingerprint density at radius 1 is 1.00 bits per heavy atom. The first-order valence-corrected chi connectivity index (χ1v) is 11.6. The third kappa shape index (κ3) is 5.11. The molecule has 35 heavy (non-hydrogen) atoms. The van der Waals surface area contributed by atoms with Crippen molar-refractivity contribution in [3.05, 3.63) is 65.4 Å². The summed E-state index contributed by atoms with van der Waals surface area (Å²) in [5.74, 6) is -2.33. The van der Waals surface area contributed by atoms with Crippen LogP contribution in [0.4, 0.5) is 30.7 Å². The van der Waals surface area contributed by atoms with Gasteiger partial charge in [-0.25, -0.2) is 17.8 Å². The Balaban J connectivity index is 1.37. The summed E-state index contributed by atoms with van der Waals surface area (Å²) in [6.45, 7) is 0.0173. The zero-order valence-corrected chi connectivity index (χ0v) is 18.3. The summed E-state index contributed by atoms with van der Waals surface area (Å²) in [4.78, 5) is 15.5. The Morgan fingerprint density at radius 3 is 2.29 bits per heavy atom. The van der Waals surface area contributed by atoms with E-state index < -0.39 is 55.2 Å². The van der Waals surface area contributed by atoms with E-state index in [0.717, 1.165) is 28.9 Å². The molecule has 0 spiro atoms. The quantitative estimate of drug-likeness (QED) is 0.500. The number of hydrogen-bond acceptors (Lipinski definition) is 4. The molecule has 14 heteroatoms. The van der Waals surface area contributed by atoms with E-state index in [1.807, 2.05) is 0 Å². The second kappa shape index (κ2) is 8.50. The molecule has 1 amide bonds. The van der Waals surface area contributed by atoms with Crippen molar-refractivity contribution in [1.82, 2.24) is 14.7 Å². The van der Waals surface area contributed by atoms with Gasteiger partial charge in [-0.05, 0) is 49.1 Å². The van der Waals surface area contributed by atoms with Gasteiger partial charge in [0.2, 0.25) is 0 Å². The molecule has 4 rings (SSSR count). The van der Waals surface area contributed by atoms with Crippen LogP contribution in [0.2, 0.25) is 0 Å². The maximum atomic E-state index is 13.6. The standard InChI is InChI=1S/C21H16F7N3O3S/c22-14-5-13(21(26,27)28)6-16(7-14)35(33,34)15-3-11(4-15)8-29-19(32)17-10-31-9-12(20(23,24)25)1-2-18(31)30-17/h1-2,5-7,9-11,15H,3-4,8H2,(H,29,32). The van der Waals surface area contributed by atoms with Crippen LogP contribution in [-0.2, 0) is 22.2 Å². The van der Waals surface area contributed by atoms with Crippen molar-refractivity contribution in [2.45, 2.75) is 35.3 Å². The highest BCUT2D eigenvalue weighted by atomic mass is 32.2. The SMILES string of the molecule is O=C(NCC1CC(S(=O)(=O)c2cc(F)cc(C(F)(F)F)c2)C1)c1cn2cc(C(F)(F)F)ccc2n1. The van der Waals surface area contributed by atoms with Crippen molar-refractivity contribution in [3.63, 3.8) is 0 Å². The zero-order chi connectivity index (χ0) is 25.8. The number of benzene rings is 1. The first-order chi connectivity index (χ1) is 16.1. The minimum absolute atomic E-state index is 0.0173. The van der Waals surface area contributed by atoms with Crippen LogP contribution in [0.1, 0.15) is 34.5 Å². The van der Waals surface area contributed by atoms with Gasteiger partial charge in [-0.1, -0.05) is 0 Å². The van der Waals surface area contributed by atoms with E-state index >= 15 is 0 Å². The second-order valence-electron chi connectivity index (χ2n) is 8.19. The maximum Gasteiger partial charge on any atom is 0.417 e. The van der Waals surface area contributed by atoms with E-state index in [4.69, 9.17) is 0 Å². The molecule has 188 valence electrons. The Morgan fingerprint density at radius 2 is 1.66 bits per heavy atom. The number of halogens is 7. The van der Waals surface area contributed by atoms with Crippen molar-refractivity contribution in [1.29, 1.82) is 0 Å². The number of hydrogen-bond donors (Lipinski definition) is 1. The molecule has 1 N–H and O–H groups in total. The lowest BCUT2D eigenvalue weighted by Gasteiger charge is -2.34. The Kier molecular flexibility index (Phi) is 6.06. The van der Waals surface area contributed by atoms with E-state index in [2.05, 4.69) is 10.3 Å². The number of carbonyl (C=O) groups excluding carboxylic acids is 1. The number of amides is 1. The van der Waals surface area contributed by atoms with E-state index in [1.54, 1.807) is 0 Å². The summed E-state index contributed by atoms with van der Waals surface area (Å²) < 4.78 is 117. The highest BCUT2D eigenvalue weighted by Gasteiger charge is 2.41. The fourth-order valence-electron chi connectivity index (χ4n) is 3.77. The number of pyridine rings is 1. The maximum absolute atomic E-state index is 13.6. The van der Waals surface area contributed by atoms with E-state index in [-0.39, 0.29) is 42.7 Å². The topological polar surface area (TPSA) is 80.5 Å². The van der Waals surface area contributed by atoms with Crippen LogP contribution in [-0.4, -0.2) is 35.5 Å². The fourth-order valence-corrected chi connectivity index (χ4v) is 5.78. The zero-order valence-electron chi connectivity index (χ0n) is 17.5. The number of carbonyl (C=O) groups is 1. The molecule has 2 heterocycles. The van der Waals surface area contributed by atoms with Crippen molar-refractivity contribution < 1.29 is 43.9 Å². The van der Waals surface area contributed by atoms with Gasteiger partial charge in [0, 0.05) is 18.9 Å². The number of alkyl halides is 6. The summed E-state index contributed by atoms with van der Waals surface area (Å²) in [5, 5.41) is 1.48. The van der Waals surface area contributed by atoms with Gasteiger partial charge < -0.3 is 9.72 Å². The van der Waals surface area contributed by atoms with Gasteiger partial charge in [-0.2, -0.15) is 26.3 Å². The molecule has 6 nitrogen and oxygen atoms in total. The molecule has 0 aliphatic heterocycles. The van der Waals surface area contributed by atoms with Crippen molar-refractivity contribution in [2.24, 2.45) is 5.92 Å². The molecular weight excluding hydrogens is 507 g/mol. The average molecular weight is 523 g/mol. The lowest BCUT2D eigenvalue weighted by molar-refractivity contribution is -0.138. The summed E-state index contributed by atoms with van der Waals surface area (Å²) in [5.41, 5.74) is -2.36. The molecule has 1 saturated carbocycles. The molecule has 2 aromatic heterocycles. The summed E-state index contributed by atoms with van der Waals surface area (Å²) >= 11 is 0. The summed E-state index contributed by atoms with van der Waals surface area (Å²) in [6, 6.07) is 3.07. The van der Waals surface area contributed by atoms with Gasteiger partial charge in [-0.3, -0.25) is 4.79 Å². The van der Waals surface area contributed by atoms with Gasteiger partial charge in [0.05, 0.1) is 21.3 Å². The van der Waals surface area contributed by atoms with E-state index in [1.165, 1.54) is 0 Å². The number of aromatic nitrogens is 2. The molecular formula is C21H16F7N3O3S. The van der Waals surface area contributed by atoms with E-state index in [0.29, 0.717) is 12.1 Å². The van der Waals surface area contributed by atoms with Crippen LogP contribution in [0, 0.1) is 11.7 Å². The van der Waals surface area contributed by atoms with Gasteiger partial charge in [0.15, 0.2) is 9.84 Å². The molecule has 1 aromatic carbocycles. The molecule has 0 bridgehead atoms. The third-order valence-corrected chi connectivity index (χ3v) is 7.88. The minimum Gasteiger partial charge on any atom is -0.350 e. The van der Waals surface area contributed by atoms with Crippen molar-refractivity contribution >= 4 is 21.4 Å². The van der Waals surface area contributed by atoms with Gasteiger partial charge in [0.1, 0.15) is 17.2 Å². The predicted molar refractivity (Wildman–Crippen MR) is 108 cm³/mol. The van der Waals surface area contributed by atoms with Crippen molar-refractivity contribution in [2.75, 3.05) is 6.54 Å². The highest BCUT2D eigenvalue weighted by molar-refractivity contribution is 7.92. The molecule has 1 aliphatic rings.